The van der Waals surface area contributed by atoms with Gasteiger partial charge in [0.05, 0.1) is 18.2 Å². The molecule has 0 saturated carbocycles. The van der Waals surface area contributed by atoms with E-state index in [1.807, 2.05) is 19.1 Å². The van der Waals surface area contributed by atoms with E-state index in [1.165, 1.54) is 7.11 Å². The smallest absolute Gasteiger partial charge is 0.241 e. The van der Waals surface area contributed by atoms with Crippen molar-refractivity contribution in [3.63, 3.8) is 0 Å². The summed E-state index contributed by atoms with van der Waals surface area (Å²) >= 11 is 6.10. The first-order valence-corrected chi connectivity index (χ1v) is 7.62. The first-order valence-electron chi connectivity index (χ1n) is 7.24. The van der Waals surface area contributed by atoms with Crippen molar-refractivity contribution in [3.8, 4) is 28.1 Å². The lowest BCUT2D eigenvalue weighted by Gasteiger charge is -2.15. The molecule has 0 N–H and O–H groups in total. The SMILES string of the molecule is COc1nnc(Cl)c(-c2c(F)cc(F)cc2F)c1-c1ccc(C)cc1. The summed E-state index contributed by atoms with van der Waals surface area (Å²) in [7, 11) is 1.36. The summed E-state index contributed by atoms with van der Waals surface area (Å²) in [6, 6.07) is 8.30. The van der Waals surface area contributed by atoms with Gasteiger partial charge in [-0.1, -0.05) is 41.4 Å². The van der Waals surface area contributed by atoms with E-state index >= 15 is 0 Å². The lowest BCUT2D eigenvalue weighted by Crippen LogP contribution is -2.02. The molecule has 0 amide bonds. The molecule has 0 atom stereocenters. The fourth-order valence-electron chi connectivity index (χ4n) is 2.54. The Labute approximate surface area is 147 Å². The van der Waals surface area contributed by atoms with Crippen molar-refractivity contribution < 1.29 is 17.9 Å². The second-order valence-corrected chi connectivity index (χ2v) is 5.72. The Balaban J connectivity index is 2.39. The summed E-state index contributed by atoms with van der Waals surface area (Å²) < 4.78 is 47.2. The largest absolute Gasteiger partial charge is 0.479 e. The molecule has 3 aromatic rings. The van der Waals surface area contributed by atoms with Crippen molar-refractivity contribution in [3.05, 3.63) is 64.6 Å². The van der Waals surface area contributed by atoms with Crippen molar-refractivity contribution in [2.45, 2.75) is 6.92 Å². The number of hydrogen-bond acceptors (Lipinski definition) is 3. The number of benzene rings is 2. The van der Waals surface area contributed by atoms with E-state index in [-0.39, 0.29) is 22.2 Å². The van der Waals surface area contributed by atoms with Gasteiger partial charge in [-0.25, -0.2) is 13.2 Å². The zero-order valence-electron chi connectivity index (χ0n) is 13.3. The van der Waals surface area contributed by atoms with Crippen molar-refractivity contribution in [1.82, 2.24) is 10.2 Å². The van der Waals surface area contributed by atoms with Gasteiger partial charge in [-0.2, -0.15) is 0 Å². The molecular weight excluding hydrogens is 353 g/mol. The van der Waals surface area contributed by atoms with Crippen LogP contribution in [0.4, 0.5) is 13.2 Å². The second-order valence-electron chi connectivity index (χ2n) is 5.36. The summed E-state index contributed by atoms with van der Waals surface area (Å²) in [5.41, 5.74) is 1.31. The van der Waals surface area contributed by atoms with Gasteiger partial charge in [-0.3, -0.25) is 0 Å². The summed E-state index contributed by atoms with van der Waals surface area (Å²) in [6.45, 7) is 1.90. The lowest BCUT2D eigenvalue weighted by molar-refractivity contribution is 0.394. The summed E-state index contributed by atoms with van der Waals surface area (Å²) in [5, 5.41) is 7.31. The molecule has 1 aromatic heterocycles. The fraction of sp³-hybridized carbons (Fsp3) is 0.111. The predicted octanol–water partition coefficient (Wildman–Crippen LogP) is 5.20. The van der Waals surface area contributed by atoms with Crippen LogP contribution >= 0.6 is 11.6 Å². The molecule has 3 rings (SSSR count). The van der Waals surface area contributed by atoms with E-state index in [0.29, 0.717) is 17.7 Å². The molecule has 0 radical (unpaired) electrons. The maximum Gasteiger partial charge on any atom is 0.241 e. The van der Waals surface area contributed by atoms with Gasteiger partial charge in [0, 0.05) is 17.7 Å². The third kappa shape index (κ3) is 3.17. The first-order chi connectivity index (χ1) is 11.9. The average Bonchev–Trinajstić information content (AvgIpc) is 2.56. The van der Waals surface area contributed by atoms with E-state index in [0.717, 1.165) is 5.56 Å². The van der Waals surface area contributed by atoms with Gasteiger partial charge in [0.25, 0.3) is 0 Å². The van der Waals surface area contributed by atoms with Gasteiger partial charge in [-0.05, 0) is 12.5 Å². The lowest BCUT2D eigenvalue weighted by atomic mass is 9.95. The van der Waals surface area contributed by atoms with Crippen LogP contribution in [0.15, 0.2) is 36.4 Å². The van der Waals surface area contributed by atoms with Crippen molar-refractivity contribution in [1.29, 1.82) is 0 Å². The minimum atomic E-state index is -1.09. The normalized spacial score (nSPS) is 10.8. The maximum atomic E-state index is 14.3. The Morgan fingerprint density at radius 3 is 2.04 bits per heavy atom. The fourth-order valence-corrected chi connectivity index (χ4v) is 2.77. The number of halogens is 4. The van der Waals surface area contributed by atoms with Crippen LogP contribution in [-0.4, -0.2) is 17.3 Å². The Morgan fingerprint density at radius 1 is 0.880 bits per heavy atom. The molecule has 0 bridgehead atoms. The van der Waals surface area contributed by atoms with Crippen LogP contribution in [0, 0.1) is 24.4 Å². The molecule has 0 aliphatic carbocycles. The number of methoxy groups -OCH3 is 1. The third-order valence-electron chi connectivity index (χ3n) is 3.69. The number of aromatic nitrogens is 2. The number of aryl methyl sites for hydroxylation is 1. The number of ether oxygens (including phenoxy) is 1. The number of hydrogen-bond donors (Lipinski definition) is 0. The van der Waals surface area contributed by atoms with Crippen LogP contribution in [0.3, 0.4) is 0 Å². The van der Waals surface area contributed by atoms with Crippen LogP contribution in [0.2, 0.25) is 5.15 Å². The Kier molecular flexibility index (Phi) is 4.63. The zero-order valence-corrected chi connectivity index (χ0v) is 14.0. The molecule has 0 aliphatic rings. The highest BCUT2D eigenvalue weighted by Crippen LogP contribution is 2.43. The Bertz CT molecular complexity index is 923. The average molecular weight is 365 g/mol. The molecule has 0 fully saturated rings. The van der Waals surface area contributed by atoms with E-state index in [4.69, 9.17) is 16.3 Å². The molecule has 25 heavy (non-hydrogen) atoms. The van der Waals surface area contributed by atoms with Crippen molar-refractivity contribution in [2.24, 2.45) is 0 Å². The number of rotatable bonds is 3. The Hall–Kier alpha value is -2.60. The van der Waals surface area contributed by atoms with Crippen LogP contribution < -0.4 is 4.74 Å². The van der Waals surface area contributed by atoms with Crippen LogP contribution in [-0.2, 0) is 0 Å². The topological polar surface area (TPSA) is 35.0 Å². The number of nitrogens with zero attached hydrogens (tertiary/aromatic N) is 2. The highest BCUT2D eigenvalue weighted by molar-refractivity contribution is 6.33. The summed E-state index contributed by atoms with van der Waals surface area (Å²) in [6.07, 6.45) is 0. The molecule has 0 unspecified atom stereocenters. The van der Waals surface area contributed by atoms with E-state index in [1.54, 1.807) is 12.1 Å². The maximum absolute atomic E-state index is 14.3. The van der Waals surface area contributed by atoms with Crippen LogP contribution in [0.25, 0.3) is 22.3 Å². The van der Waals surface area contributed by atoms with Crippen LogP contribution in [0.5, 0.6) is 5.88 Å². The minimum Gasteiger partial charge on any atom is -0.479 e. The van der Waals surface area contributed by atoms with Crippen molar-refractivity contribution >= 4 is 11.6 Å². The third-order valence-corrected chi connectivity index (χ3v) is 3.95. The molecule has 0 spiro atoms. The molecule has 128 valence electrons. The molecule has 0 aliphatic heterocycles. The summed E-state index contributed by atoms with van der Waals surface area (Å²) in [4.78, 5) is 0. The van der Waals surface area contributed by atoms with Gasteiger partial charge in [-0.15, -0.1) is 10.2 Å². The zero-order chi connectivity index (χ0) is 18.1. The quantitative estimate of drug-likeness (QED) is 0.641. The highest BCUT2D eigenvalue weighted by Gasteiger charge is 2.25. The van der Waals surface area contributed by atoms with Gasteiger partial charge in [0.2, 0.25) is 5.88 Å². The molecule has 7 heteroatoms. The molecule has 0 saturated heterocycles. The van der Waals surface area contributed by atoms with Gasteiger partial charge in [0.15, 0.2) is 5.15 Å². The van der Waals surface area contributed by atoms with E-state index < -0.39 is 23.0 Å². The molecular formula is C18H12ClF3N2O. The predicted molar refractivity (Wildman–Crippen MR) is 89.1 cm³/mol. The van der Waals surface area contributed by atoms with Crippen molar-refractivity contribution in [2.75, 3.05) is 7.11 Å². The second kappa shape index (κ2) is 6.72. The standard InChI is InChI=1S/C18H12ClF3N2O/c1-9-3-5-10(6-4-9)14-16(17(19)23-24-18(14)25-2)15-12(21)7-11(20)8-13(15)22/h3-8H,1-2H3. The molecule has 3 nitrogen and oxygen atoms in total. The first kappa shape index (κ1) is 17.2. The molecule has 1 heterocycles. The van der Waals surface area contributed by atoms with Gasteiger partial charge < -0.3 is 4.74 Å². The van der Waals surface area contributed by atoms with E-state index in [9.17, 15) is 13.2 Å². The van der Waals surface area contributed by atoms with Gasteiger partial charge >= 0.3 is 0 Å². The highest BCUT2D eigenvalue weighted by atomic mass is 35.5. The van der Waals surface area contributed by atoms with Gasteiger partial charge in [0.1, 0.15) is 17.5 Å². The van der Waals surface area contributed by atoms with Crippen LogP contribution in [0.1, 0.15) is 5.56 Å². The van der Waals surface area contributed by atoms with E-state index in [2.05, 4.69) is 10.2 Å². The molecule has 2 aromatic carbocycles. The monoisotopic (exact) mass is 364 g/mol. The Morgan fingerprint density at radius 2 is 1.48 bits per heavy atom. The minimum absolute atomic E-state index is 0.0476. The summed E-state index contributed by atoms with van der Waals surface area (Å²) in [5.74, 6) is -3.17.